The van der Waals surface area contributed by atoms with Gasteiger partial charge in [0.2, 0.25) is 15.9 Å². The van der Waals surface area contributed by atoms with E-state index in [0.29, 0.717) is 25.3 Å². The molecule has 6 nitrogen and oxygen atoms in total. The molecule has 0 bridgehead atoms. The van der Waals surface area contributed by atoms with Crippen LogP contribution in [0.2, 0.25) is 0 Å². The van der Waals surface area contributed by atoms with Crippen molar-refractivity contribution in [2.45, 2.75) is 49.8 Å². The lowest BCUT2D eigenvalue weighted by Crippen LogP contribution is -2.44. The summed E-state index contributed by atoms with van der Waals surface area (Å²) in [5.74, 6) is 1.52. The molecule has 1 aliphatic carbocycles. The number of sulfonamides is 1. The molecule has 0 unspecified atom stereocenters. The first-order chi connectivity index (χ1) is 13.5. The van der Waals surface area contributed by atoms with Crippen LogP contribution in [0.4, 0.5) is 5.69 Å². The molecule has 0 aromatic heterocycles. The topological polar surface area (TPSA) is 69.7 Å². The molecule has 7 heteroatoms. The lowest BCUT2D eigenvalue weighted by molar-refractivity contribution is -0.118. The Morgan fingerprint density at radius 2 is 1.75 bits per heavy atom. The van der Waals surface area contributed by atoms with E-state index in [1.54, 1.807) is 24.3 Å². The Morgan fingerprint density at radius 3 is 2.54 bits per heavy atom. The summed E-state index contributed by atoms with van der Waals surface area (Å²) in [4.78, 5) is 15.1. The van der Waals surface area contributed by atoms with Crippen LogP contribution < -0.4 is 5.32 Å². The van der Waals surface area contributed by atoms with Crippen molar-refractivity contribution >= 4 is 21.6 Å². The second-order valence-electron chi connectivity index (χ2n) is 8.52. The number of nitrogens with one attached hydrogen (secondary N) is 1. The van der Waals surface area contributed by atoms with Gasteiger partial charge in [0.1, 0.15) is 0 Å². The maximum atomic E-state index is 12.7. The molecule has 1 aromatic rings. The van der Waals surface area contributed by atoms with E-state index in [0.717, 1.165) is 37.8 Å². The minimum absolute atomic E-state index is 0.0648. The predicted molar refractivity (Wildman–Crippen MR) is 110 cm³/mol. The second-order valence-corrected chi connectivity index (χ2v) is 10.5. The van der Waals surface area contributed by atoms with Crippen molar-refractivity contribution in [2.75, 3.05) is 38.0 Å². The number of benzene rings is 1. The monoisotopic (exact) mass is 405 g/mol. The zero-order valence-corrected chi connectivity index (χ0v) is 17.3. The Bertz CT molecular complexity index is 805. The van der Waals surface area contributed by atoms with Gasteiger partial charge in [-0.15, -0.1) is 0 Å². The highest BCUT2D eigenvalue weighted by molar-refractivity contribution is 7.89. The van der Waals surface area contributed by atoms with Crippen LogP contribution in [0.5, 0.6) is 0 Å². The van der Waals surface area contributed by atoms with Gasteiger partial charge in [-0.1, -0.05) is 25.3 Å². The molecule has 2 saturated heterocycles. The summed E-state index contributed by atoms with van der Waals surface area (Å²) in [6.07, 6.45) is 8.34. The number of piperidine rings is 1. The van der Waals surface area contributed by atoms with Gasteiger partial charge in [0, 0.05) is 25.3 Å². The van der Waals surface area contributed by atoms with Crippen LogP contribution in [-0.2, 0) is 14.8 Å². The number of likely N-dealkylation sites (tertiary alicyclic amines) is 1. The van der Waals surface area contributed by atoms with E-state index in [1.807, 2.05) is 0 Å². The van der Waals surface area contributed by atoms with Gasteiger partial charge in [0.05, 0.1) is 11.4 Å². The number of amides is 1. The molecule has 4 rings (SSSR count). The molecule has 1 N–H and O–H groups in total. The normalized spacial score (nSPS) is 26.7. The third kappa shape index (κ3) is 4.42. The van der Waals surface area contributed by atoms with Gasteiger partial charge in [-0.05, 0) is 62.3 Å². The van der Waals surface area contributed by atoms with E-state index in [2.05, 4.69) is 10.2 Å². The first kappa shape index (κ1) is 19.9. The summed E-state index contributed by atoms with van der Waals surface area (Å²) in [6.45, 7) is 3.54. The average molecular weight is 406 g/mol. The molecular weight excluding hydrogens is 374 g/mol. The fourth-order valence-electron chi connectivity index (χ4n) is 5.04. The van der Waals surface area contributed by atoms with Gasteiger partial charge in [0.25, 0.3) is 0 Å². The standard InChI is InChI=1S/C21H31N3O3S/c25-21(16-23-13-10-17-6-1-2-7-18(17)15-23)22-19-8-5-9-20(14-19)28(26,27)24-11-3-4-12-24/h5,8-9,14,17-18H,1-4,6-7,10-13,15-16H2,(H,22,25)/t17-,18-/m0/s1. The predicted octanol–water partition coefficient (Wildman–Crippen LogP) is 2.92. The van der Waals surface area contributed by atoms with Gasteiger partial charge in [0.15, 0.2) is 0 Å². The molecule has 1 saturated carbocycles. The van der Waals surface area contributed by atoms with E-state index in [1.165, 1.54) is 36.4 Å². The molecule has 0 radical (unpaired) electrons. The van der Waals surface area contributed by atoms with Gasteiger partial charge >= 0.3 is 0 Å². The third-order valence-corrected chi connectivity index (χ3v) is 8.46. The number of hydrogen-bond donors (Lipinski definition) is 1. The van der Waals surface area contributed by atoms with E-state index < -0.39 is 10.0 Å². The lowest BCUT2D eigenvalue weighted by atomic mass is 9.75. The summed E-state index contributed by atoms with van der Waals surface area (Å²) in [5, 5.41) is 2.90. The van der Waals surface area contributed by atoms with Crippen molar-refractivity contribution in [1.29, 1.82) is 0 Å². The quantitative estimate of drug-likeness (QED) is 0.818. The number of anilines is 1. The highest BCUT2D eigenvalue weighted by Gasteiger charge is 2.32. The summed E-state index contributed by atoms with van der Waals surface area (Å²) < 4.78 is 27.0. The summed E-state index contributed by atoms with van der Waals surface area (Å²) in [5.41, 5.74) is 0.554. The minimum Gasteiger partial charge on any atom is -0.325 e. The second kappa shape index (κ2) is 8.51. The molecule has 2 heterocycles. The van der Waals surface area contributed by atoms with Gasteiger partial charge in [-0.25, -0.2) is 8.42 Å². The first-order valence-electron chi connectivity index (χ1n) is 10.6. The zero-order valence-electron chi connectivity index (χ0n) is 16.5. The summed E-state index contributed by atoms with van der Waals surface area (Å²) >= 11 is 0. The Kier molecular flexibility index (Phi) is 6.04. The highest BCUT2D eigenvalue weighted by atomic mass is 32.2. The van der Waals surface area contributed by atoms with E-state index in [9.17, 15) is 13.2 Å². The smallest absolute Gasteiger partial charge is 0.243 e. The SMILES string of the molecule is O=C(CN1CC[C@@H]2CCCC[C@H]2C1)Nc1cccc(S(=O)(=O)N2CCCC2)c1. The maximum Gasteiger partial charge on any atom is 0.243 e. The molecule has 0 spiro atoms. The van der Waals surface area contributed by atoms with Crippen molar-refractivity contribution in [3.8, 4) is 0 Å². The molecule has 28 heavy (non-hydrogen) atoms. The van der Waals surface area contributed by atoms with Crippen molar-refractivity contribution in [1.82, 2.24) is 9.21 Å². The van der Waals surface area contributed by atoms with Crippen LogP contribution >= 0.6 is 0 Å². The molecule has 154 valence electrons. The molecule has 3 fully saturated rings. The number of fused-ring (bicyclic) bond motifs is 1. The lowest BCUT2D eigenvalue weighted by Gasteiger charge is -2.41. The van der Waals surface area contributed by atoms with Crippen molar-refractivity contribution in [3.63, 3.8) is 0 Å². The fourth-order valence-corrected chi connectivity index (χ4v) is 6.60. The molecule has 1 aromatic carbocycles. The van der Waals surface area contributed by atoms with Crippen LogP contribution in [0.3, 0.4) is 0 Å². The molecular formula is C21H31N3O3S. The van der Waals surface area contributed by atoms with E-state index in [-0.39, 0.29) is 10.8 Å². The zero-order chi connectivity index (χ0) is 19.6. The highest BCUT2D eigenvalue weighted by Crippen LogP contribution is 2.35. The van der Waals surface area contributed by atoms with Crippen molar-refractivity contribution in [3.05, 3.63) is 24.3 Å². The number of carbonyl (C=O) groups is 1. The van der Waals surface area contributed by atoms with E-state index in [4.69, 9.17) is 0 Å². The van der Waals surface area contributed by atoms with Gasteiger partial charge in [-0.3, -0.25) is 9.69 Å². The third-order valence-electron chi connectivity index (χ3n) is 6.56. The molecule has 2 aliphatic heterocycles. The summed E-state index contributed by atoms with van der Waals surface area (Å²) in [6, 6.07) is 6.65. The molecule has 1 amide bonds. The van der Waals surface area contributed by atoms with Crippen molar-refractivity contribution in [2.24, 2.45) is 11.8 Å². The number of rotatable bonds is 5. The van der Waals surface area contributed by atoms with Crippen LogP contribution in [0.15, 0.2) is 29.2 Å². The fraction of sp³-hybridized carbons (Fsp3) is 0.667. The van der Waals surface area contributed by atoms with Crippen LogP contribution in [0.1, 0.15) is 44.9 Å². The van der Waals surface area contributed by atoms with Crippen LogP contribution in [0.25, 0.3) is 0 Å². The molecule has 2 atom stereocenters. The molecule has 3 aliphatic rings. The number of hydrogen-bond acceptors (Lipinski definition) is 4. The maximum absolute atomic E-state index is 12.7. The van der Waals surface area contributed by atoms with Crippen LogP contribution in [0, 0.1) is 11.8 Å². The summed E-state index contributed by atoms with van der Waals surface area (Å²) in [7, 11) is -3.47. The number of nitrogens with zero attached hydrogens (tertiary/aromatic N) is 2. The largest absolute Gasteiger partial charge is 0.325 e. The Balaban J connectivity index is 1.36. The number of carbonyl (C=O) groups excluding carboxylic acids is 1. The van der Waals surface area contributed by atoms with Crippen LogP contribution in [-0.4, -0.2) is 56.3 Å². The minimum atomic E-state index is -3.47. The Labute approximate surface area is 168 Å². The Morgan fingerprint density at radius 1 is 1.00 bits per heavy atom. The van der Waals surface area contributed by atoms with E-state index >= 15 is 0 Å². The van der Waals surface area contributed by atoms with Gasteiger partial charge < -0.3 is 5.32 Å². The average Bonchev–Trinajstić information content (AvgIpc) is 3.24. The first-order valence-corrected chi connectivity index (χ1v) is 12.1. The van der Waals surface area contributed by atoms with Gasteiger partial charge in [-0.2, -0.15) is 4.31 Å². The van der Waals surface area contributed by atoms with Crippen molar-refractivity contribution < 1.29 is 13.2 Å². The Hall–Kier alpha value is -1.44.